The fourth-order valence-electron chi connectivity index (χ4n) is 2.90. The number of hydrazone groups is 1. The molecular formula is C25H26N2O7S. The van der Waals surface area contributed by atoms with E-state index in [1.54, 1.807) is 36.4 Å². The lowest BCUT2D eigenvalue weighted by Crippen LogP contribution is -2.24. The van der Waals surface area contributed by atoms with Crippen LogP contribution in [0.25, 0.3) is 0 Å². The number of carbonyl (C=O) groups is 1. The molecule has 1 N–H and O–H groups in total. The Labute approximate surface area is 204 Å². The molecule has 35 heavy (non-hydrogen) atoms. The highest BCUT2D eigenvalue weighted by molar-refractivity contribution is 7.87. The molecule has 184 valence electrons. The van der Waals surface area contributed by atoms with E-state index in [9.17, 15) is 13.2 Å². The maximum Gasteiger partial charge on any atom is 0.339 e. The number of hydrogen-bond donors (Lipinski definition) is 1. The van der Waals surface area contributed by atoms with E-state index in [-0.39, 0.29) is 23.0 Å². The van der Waals surface area contributed by atoms with Gasteiger partial charge in [0.1, 0.15) is 4.90 Å². The number of carbonyl (C=O) groups excluding carboxylic acids is 1. The van der Waals surface area contributed by atoms with E-state index in [1.807, 2.05) is 19.9 Å². The summed E-state index contributed by atoms with van der Waals surface area (Å²) in [5.41, 5.74) is 3.84. The van der Waals surface area contributed by atoms with Crippen LogP contribution in [0.2, 0.25) is 0 Å². The maximum absolute atomic E-state index is 12.6. The topological polar surface area (TPSA) is 113 Å². The molecule has 3 aromatic carbocycles. The lowest BCUT2D eigenvalue weighted by Gasteiger charge is -2.11. The highest BCUT2D eigenvalue weighted by Crippen LogP contribution is 2.30. The Morgan fingerprint density at radius 1 is 0.943 bits per heavy atom. The van der Waals surface area contributed by atoms with Crippen molar-refractivity contribution in [3.8, 4) is 23.0 Å². The van der Waals surface area contributed by atoms with Gasteiger partial charge in [-0.05, 0) is 61.9 Å². The molecule has 0 heterocycles. The zero-order valence-electron chi connectivity index (χ0n) is 19.6. The van der Waals surface area contributed by atoms with Gasteiger partial charge in [0.05, 0.1) is 19.9 Å². The van der Waals surface area contributed by atoms with Crippen molar-refractivity contribution in [2.75, 3.05) is 20.3 Å². The van der Waals surface area contributed by atoms with E-state index in [4.69, 9.17) is 18.4 Å². The Morgan fingerprint density at radius 2 is 1.63 bits per heavy atom. The van der Waals surface area contributed by atoms with Crippen molar-refractivity contribution in [2.24, 2.45) is 5.10 Å². The first kappa shape index (κ1) is 25.6. The number of rotatable bonds is 11. The lowest BCUT2D eigenvalue weighted by molar-refractivity contribution is -0.123. The maximum atomic E-state index is 12.6. The zero-order chi connectivity index (χ0) is 25.3. The van der Waals surface area contributed by atoms with E-state index in [0.717, 1.165) is 5.56 Å². The molecule has 3 aromatic rings. The highest BCUT2D eigenvalue weighted by atomic mass is 32.2. The van der Waals surface area contributed by atoms with E-state index in [2.05, 4.69) is 10.5 Å². The Hall–Kier alpha value is -4.05. The molecule has 0 spiro atoms. The van der Waals surface area contributed by atoms with Crippen LogP contribution in [0.1, 0.15) is 18.1 Å². The molecule has 10 heteroatoms. The standard InChI is InChI=1S/C25H26N2O7S/c1-4-32-21-7-5-6-8-22(21)33-17-25(28)27-26-16-19-11-14-23(24(15-19)31-3)34-35(29,30)20-12-9-18(2)10-13-20/h5-16H,4,17H2,1-3H3,(H,27,28)/b26-16+. The second-order valence-corrected chi connectivity index (χ2v) is 8.77. The van der Waals surface area contributed by atoms with Crippen molar-refractivity contribution in [1.82, 2.24) is 5.43 Å². The predicted molar refractivity (Wildman–Crippen MR) is 131 cm³/mol. The molecule has 0 unspecified atom stereocenters. The number of nitrogens with zero attached hydrogens (tertiary/aromatic N) is 1. The summed E-state index contributed by atoms with van der Waals surface area (Å²) in [6.45, 7) is 3.93. The van der Waals surface area contributed by atoms with E-state index >= 15 is 0 Å². The molecule has 3 rings (SSSR count). The number of benzene rings is 3. The van der Waals surface area contributed by atoms with Gasteiger partial charge in [-0.3, -0.25) is 4.79 Å². The van der Waals surface area contributed by atoms with Gasteiger partial charge in [0.15, 0.2) is 29.6 Å². The Bertz CT molecular complexity index is 1290. The van der Waals surface area contributed by atoms with Crippen LogP contribution in [0.3, 0.4) is 0 Å². The van der Waals surface area contributed by atoms with Crippen LogP contribution in [0.15, 0.2) is 76.7 Å². The molecular weight excluding hydrogens is 472 g/mol. The summed E-state index contributed by atoms with van der Waals surface area (Å²) >= 11 is 0. The van der Waals surface area contributed by atoms with Gasteiger partial charge in [-0.15, -0.1) is 0 Å². The quantitative estimate of drug-likeness (QED) is 0.244. The van der Waals surface area contributed by atoms with Gasteiger partial charge in [0, 0.05) is 0 Å². The molecule has 1 amide bonds. The summed E-state index contributed by atoms with van der Waals surface area (Å²) in [5.74, 6) is 0.741. The summed E-state index contributed by atoms with van der Waals surface area (Å²) in [7, 11) is -2.64. The van der Waals surface area contributed by atoms with Gasteiger partial charge in [0.2, 0.25) is 0 Å². The lowest BCUT2D eigenvalue weighted by atomic mass is 10.2. The highest BCUT2D eigenvalue weighted by Gasteiger charge is 2.19. The van der Waals surface area contributed by atoms with Crippen molar-refractivity contribution < 1.29 is 31.6 Å². The molecule has 0 aromatic heterocycles. The van der Waals surface area contributed by atoms with Gasteiger partial charge >= 0.3 is 10.1 Å². The van der Waals surface area contributed by atoms with E-state index < -0.39 is 16.0 Å². The van der Waals surface area contributed by atoms with Gasteiger partial charge < -0.3 is 18.4 Å². The number of hydrogen-bond acceptors (Lipinski definition) is 8. The third kappa shape index (κ3) is 7.21. The van der Waals surface area contributed by atoms with Crippen molar-refractivity contribution in [3.63, 3.8) is 0 Å². The number of para-hydroxylation sites is 2. The van der Waals surface area contributed by atoms with Gasteiger partial charge in [-0.2, -0.15) is 13.5 Å². The molecule has 0 aliphatic rings. The summed E-state index contributed by atoms with van der Waals surface area (Å²) in [6.07, 6.45) is 1.38. The monoisotopic (exact) mass is 498 g/mol. The van der Waals surface area contributed by atoms with Gasteiger partial charge in [-0.25, -0.2) is 5.43 Å². The molecule has 0 bridgehead atoms. The number of methoxy groups -OCH3 is 1. The number of amides is 1. The van der Waals surface area contributed by atoms with Crippen LogP contribution in [-0.4, -0.2) is 40.9 Å². The van der Waals surface area contributed by atoms with Crippen LogP contribution < -0.4 is 23.8 Å². The minimum absolute atomic E-state index is 0.0237. The van der Waals surface area contributed by atoms with Crippen molar-refractivity contribution in [3.05, 3.63) is 77.9 Å². The summed E-state index contributed by atoms with van der Waals surface area (Å²) in [6, 6.07) is 17.9. The Kier molecular flexibility index (Phi) is 8.69. The molecule has 9 nitrogen and oxygen atoms in total. The minimum Gasteiger partial charge on any atom is -0.493 e. The largest absolute Gasteiger partial charge is 0.493 e. The number of aryl methyl sites for hydroxylation is 1. The molecule has 0 saturated heterocycles. The molecule has 0 atom stereocenters. The van der Waals surface area contributed by atoms with Gasteiger partial charge in [-0.1, -0.05) is 29.8 Å². The average molecular weight is 499 g/mol. The van der Waals surface area contributed by atoms with Crippen LogP contribution >= 0.6 is 0 Å². The van der Waals surface area contributed by atoms with E-state index in [0.29, 0.717) is 23.7 Å². The Morgan fingerprint density at radius 3 is 2.29 bits per heavy atom. The summed E-state index contributed by atoms with van der Waals surface area (Å²) in [4.78, 5) is 12.1. The van der Waals surface area contributed by atoms with Crippen LogP contribution in [0.4, 0.5) is 0 Å². The van der Waals surface area contributed by atoms with Crippen LogP contribution in [0.5, 0.6) is 23.0 Å². The molecule has 0 radical (unpaired) electrons. The second-order valence-electron chi connectivity index (χ2n) is 7.22. The SMILES string of the molecule is CCOc1ccccc1OCC(=O)N/N=C/c1ccc(OS(=O)(=O)c2ccc(C)cc2)c(OC)c1. The third-order valence-corrected chi connectivity index (χ3v) is 5.86. The first-order valence-electron chi connectivity index (χ1n) is 10.7. The molecule has 0 saturated carbocycles. The molecule has 0 fully saturated rings. The van der Waals surface area contributed by atoms with Crippen LogP contribution in [0, 0.1) is 6.92 Å². The fourth-order valence-corrected chi connectivity index (χ4v) is 3.84. The van der Waals surface area contributed by atoms with Gasteiger partial charge in [0.25, 0.3) is 5.91 Å². The van der Waals surface area contributed by atoms with E-state index in [1.165, 1.54) is 37.6 Å². The third-order valence-electron chi connectivity index (χ3n) is 4.61. The van der Waals surface area contributed by atoms with Crippen molar-refractivity contribution in [2.45, 2.75) is 18.7 Å². The predicted octanol–water partition coefficient (Wildman–Crippen LogP) is 3.70. The first-order valence-corrected chi connectivity index (χ1v) is 12.1. The number of nitrogens with one attached hydrogen (secondary N) is 1. The normalized spacial score (nSPS) is 11.2. The van der Waals surface area contributed by atoms with Crippen molar-refractivity contribution >= 4 is 22.2 Å². The van der Waals surface area contributed by atoms with Crippen molar-refractivity contribution in [1.29, 1.82) is 0 Å². The smallest absolute Gasteiger partial charge is 0.339 e. The molecule has 0 aliphatic heterocycles. The molecule has 0 aliphatic carbocycles. The average Bonchev–Trinajstić information content (AvgIpc) is 2.84. The Balaban J connectivity index is 1.60. The summed E-state index contributed by atoms with van der Waals surface area (Å²) < 4.78 is 46.6. The fraction of sp³-hybridized carbons (Fsp3) is 0.200. The number of ether oxygens (including phenoxy) is 3. The second kappa shape index (κ2) is 11.9. The van der Waals surface area contributed by atoms with Crippen LogP contribution in [-0.2, 0) is 14.9 Å². The summed E-state index contributed by atoms with van der Waals surface area (Å²) in [5, 5.41) is 3.90. The minimum atomic E-state index is -4.03. The first-order chi connectivity index (χ1) is 16.8. The zero-order valence-corrected chi connectivity index (χ0v) is 20.4.